The molecule has 0 aliphatic carbocycles. The molecule has 0 spiro atoms. The number of carbonyl (C=O) groups is 1. The molecule has 0 unspecified atom stereocenters. The summed E-state index contributed by atoms with van der Waals surface area (Å²) >= 11 is 0. The Morgan fingerprint density at radius 3 is 2.71 bits per heavy atom. The van der Waals surface area contributed by atoms with Crippen molar-refractivity contribution in [2.45, 2.75) is 19.5 Å². The second kappa shape index (κ2) is 7.92. The number of hydrogen-bond acceptors (Lipinski definition) is 3. The van der Waals surface area contributed by atoms with Gasteiger partial charge in [-0.25, -0.2) is 4.98 Å². The molecule has 1 rings (SSSR count). The molecule has 1 amide bonds. The molecule has 8 heteroatoms. The van der Waals surface area contributed by atoms with Crippen LogP contribution in [-0.2, 0) is 4.74 Å². The zero-order valence-corrected chi connectivity index (χ0v) is 11.5. The van der Waals surface area contributed by atoms with Gasteiger partial charge in [-0.2, -0.15) is 17.6 Å². The van der Waals surface area contributed by atoms with Gasteiger partial charge in [0.1, 0.15) is 6.54 Å². The molecule has 0 bridgehead atoms. The zero-order valence-electron chi connectivity index (χ0n) is 11.5. The summed E-state index contributed by atoms with van der Waals surface area (Å²) in [5, 5.41) is 0. The molecular weight excluding hydrogens is 292 g/mol. The quantitative estimate of drug-likeness (QED) is 0.442. The summed E-state index contributed by atoms with van der Waals surface area (Å²) in [7, 11) is 0. The van der Waals surface area contributed by atoms with Crippen molar-refractivity contribution in [3.05, 3.63) is 29.8 Å². The second-order valence-corrected chi connectivity index (χ2v) is 4.26. The SMILES string of the molecule is CCOCCCN(CC(F)(F)F)C(=O)c1ccnc(F)c1. The molecule has 0 fully saturated rings. The van der Waals surface area contributed by atoms with E-state index in [9.17, 15) is 22.4 Å². The van der Waals surface area contributed by atoms with Crippen molar-refractivity contribution < 1.29 is 27.1 Å². The van der Waals surface area contributed by atoms with Crippen LogP contribution in [0.3, 0.4) is 0 Å². The Bertz CT molecular complexity index is 466. The van der Waals surface area contributed by atoms with Crippen molar-refractivity contribution in [1.82, 2.24) is 9.88 Å². The number of alkyl halides is 3. The summed E-state index contributed by atoms with van der Waals surface area (Å²) in [5.74, 6) is -1.80. The fourth-order valence-corrected chi connectivity index (χ4v) is 1.69. The molecule has 0 saturated carbocycles. The normalized spacial score (nSPS) is 11.5. The average molecular weight is 308 g/mol. The largest absolute Gasteiger partial charge is 0.406 e. The molecular formula is C13H16F4N2O2. The maximum Gasteiger partial charge on any atom is 0.406 e. The predicted molar refractivity (Wildman–Crippen MR) is 67.3 cm³/mol. The average Bonchev–Trinajstić information content (AvgIpc) is 2.40. The number of pyridine rings is 1. The Kier molecular flexibility index (Phi) is 6.54. The minimum atomic E-state index is -4.52. The molecule has 0 aliphatic heterocycles. The Morgan fingerprint density at radius 2 is 2.14 bits per heavy atom. The highest BCUT2D eigenvalue weighted by atomic mass is 19.4. The number of amides is 1. The van der Waals surface area contributed by atoms with Gasteiger partial charge in [0.05, 0.1) is 0 Å². The summed E-state index contributed by atoms with van der Waals surface area (Å²) in [4.78, 5) is 15.9. The van der Waals surface area contributed by atoms with Gasteiger partial charge in [0.15, 0.2) is 0 Å². The van der Waals surface area contributed by atoms with Crippen molar-refractivity contribution in [3.63, 3.8) is 0 Å². The van der Waals surface area contributed by atoms with E-state index in [-0.39, 0.29) is 25.1 Å². The lowest BCUT2D eigenvalue weighted by atomic mass is 10.2. The first-order valence-corrected chi connectivity index (χ1v) is 6.39. The van der Waals surface area contributed by atoms with Crippen LogP contribution in [0.2, 0.25) is 0 Å². The lowest BCUT2D eigenvalue weighted by Crippen LogP contribution is -2.40. The van der Waals surface area contributed by atoms with E-state index in [0.717, 1.165) is 12.3 Å². The Hall–Kier alpha value is -1.70. The number of halogens is 4. The maximum absolute atomic E-state index is 13.0. The highest BCUT2D eigenvalue weighted by molar-refractivity contribution is 5.94. The first kappa shape index (κ1) is 17.4. The molecule has 0 radical (unpaired) electrons. The molecule has 0 N–H and O–H groups in total. The lowest BCUT2D eigenvalue weighted by molar-refractivity contribution is -0.141. The van der Waals surface area contributed by atoms with Crippen LogP contribution >= 0.6 is 0 Å². The van der Waals surface area contributed by atoms with Gasteiger partial charge in [0, 0.05) is 37.6 Å². The molecule has 1 aromatic rings. The Morgan fingerprint density at radius 1 is 1.43 bits per heavy atom. The van der Waals surface area contributed by atoms with Crippen molar-refractivity contribution in [1.29, 1.82) is 0 Å². The van der Waals surface area contributed by atoms with Gasteiger partial charge in [0.25, 0.3) is 5.91 Å². The van der Waals surface area contributed by atoms with Gasteiger partial charge in [-0.1, -0.05) is 0 Å². The van der Waals surface area contributed by atoms with Gasteiger partial charge in [0.2, 0.25) is 5.95 Å². The summed E-state index contributed by atoms with van der Waals surface area (Å²) in [5.41, 5.74) is -0.164. The maximum atomic E-state index is 13.0. The highest BCUT2D eigenvalue weighted by Crippen LogP contribution is 2.18. The van der Waals surface area contributed by atoms with E-state index >= 15 is 0 Å². The lowest BCUT2D eigenvalue weighted by Gasteiger charge is -2.24. The van der Waals surface area contributed by atoms with Crippen LogP contribution < -0.4 is 0 Å². The van der Waals surface area contributed by atoms with Gasteiger partial charge >= 0.3 is 6.18 Å². The molecule has 21 heavy (non-hydrogen) atoms. The third kappa shape index (κ3) is 6.52. The highest BCUT2D eigenvalue weighted by Gasteiger charge is 2.33. The molecule has 118 valence electrons. The van der Waals surface area contributed by atoms with E-state index in [4.69, 9.17) is 4.74 Å². The standard InChI is InChI=1S/C13H16F4N2O2/c1-2-21-7-3-6-19(9-13(15,16)17)12(20)10-4-5-18-11(14)8-10/h4-5,8H,2-3,6-7,9H2,1H3. The van der Waals surface area contributed by atoms with Crippen molar-refractivity contribution >= 4 is 5.91 Å². The van der Waals surface area contributed by atoms with Crippen molar-refractivity contribution in [2.24, 2.45) is 0 Å². The zero-order chi connectivity index (χ0) is 15.9. The van der Waals surface area contributed by atoms with Crippen LogP contribution in [0.5, 0.6) is 0 Å². The van der Waals surface area contributed by atoms with Crippen molar-refractivity contribution in [2.75, 3.05) is 26.3 Å². The Labute approximate surface area is 119 Å². The van der Waals surface area contributed by atoms with Crippen LogP contribution in [0, 0.1) is 5.95 Å². The number of ether oxygens (including phenoxy) is 1. The molecule has 0 aromatic carbocycles. The molecule has 0 saturated heterocycles. The summed E-state index contributed by atoms with van der Waals surface area (Å²) in [6, 6.07) is 1.99. The number of aromatic nitrogens is 1. The van der Waals surface area contributed by atoms with Crippen LogP contribution in [0.25, 0.3) is 0 Å². The minimum absolute atomic E-state index is 0.123. The van der Waals surface area contributed by atoms with E-state index in [1.165, 1.54) is 6.07 Å². The van der Waals surface area contributed by atoms with Gasteiger partial charge in [-0.05, 0) is 19.4 Å². The number of carbonyl (C=O) groups excluding carboxylic acids is 1. The van der Waals surface area contributed by atoms with Crippen LogP contribution in [-0.4, -0.2) is 48.3 Å². The molecule has 1 heterocycles. The van der Waals surface area contributed by atoms with Gasteiger partial charge < -0.3 is 9.64 Å². The minimum Gasteiger partial charge on any atom is -0.382 e. The van der Waals surface area contributed by atoms with Crippen molar-refractivity contribution in [3.8, 4) is 0 Å². The molecule has 4 nitrogen and oxygen atoms in total. The fraction of sp³-hybridized carbons (Fsp3) is 0.538. The third-order valence-corrected chi connectivity index (χ3v) is 2.55. The van der Waals surface area contributed by atoms with Crippen LogP contribution in [0.15, 0.2) is 18.3 Å². The third-order valence-electron chi connectivity index (χ3n) is 2.55. The molecule has 0 aliphatic rings. The number of nitrogens with zero attached hydrogens (tertiary/aromatic N) is 2. The van der Waals surface area contributed by atoms with E-state index in [0.29, 0.717) is 11.5 Å². The van der Waals surface area contributed by atoms with E-state index in [1.807, 2.05) is 0 Å². The van der Waals surface area contributed by atoms with E-state index in [2.05, 4.69) is 4.98 Å². The van der Waals surface area contributed by atoms with Crippen LogP contribution in [0.1, 0.15) is 23.7 Å². The number of hydrogen-bond donors (Lipinski definition) is 0. The predicted octanol–water partition coefficient (Wildman–Crippen LogP) is 2.65. The fourth-order valence-electron chi connectivity index (χ4n) is 1.69. The monoisotopic (exact) mass is 308 g/mol. The summed E-state index contributed by atoms with van der Waals surface area (Å²) in [6.45, 7) is 0.953. The van der Waals surface area contributed by atoms with E-state index in [1.54, 1.807) is 6.92 Å². The summed E-state index contributed by atoms with van der Waals surface area (Å²) < 4.78 is 55.6. The Balaban J connectivity index is 2.76. The second-order valence-electron chi connectivity index (χ2n) is 4.26. The molecule has 0 atom stereocenters. The first-order chi connectivity index (χ1) is 9.83. The van der Waals surface area contributed by atoms with E-state index < -0.39 is 24.6 Å². The summed E-state index contributed by atoms with van der Waals surface area (Å²) in [6.07, 6.45) is -3.22. The molecule has 1 aromatic heterocycles. The van der Waals surface area contributed by atoms with Gasteiger partial charge in [-0.15, -0.1) is 0 Å². The number of rotatable bonds is 7. The van der Waals surface area contributed by atoms with Crippen LogP contribution in [0.4, 0.5) is 17.6 Å². The first-order valence-electron chi connectivity index (χ1n) is 6.39. The smallest absolute Gasteiger partial charge is 0.382 e. The topological polar surface area (TPSA) is 42.4 Å². The van der Waals surface area contributed by atoms with Gasteiger partial charge in [-0.3, -0.25) is 4.79 Å².